The molecule has 19 heavy (non-hydrogen) atoms. The highest BCUT2D eigenvalue weighted by atomic mass is 19.1. The van der Waals surface area contributed by atoms with Gasteiger partial charge in [-0.15, -0.1) is 0 Å². The first kappa shape index (κ1) is 14.0. The molecule has 0 aromatic heterocycles. The van der Waals surface area contributed by atoms with E-state index in [1.165, 1.54) is 6.07 Å². The smallest absolute Gasteiger partial charge is 0.334 e. The normalized spacial score (nSPS) is 22.2. The SMILES string of the molecule is Cc1ccc(C(C)N2CCOC(C(=O)O)C2)cc1F. The number of aliphatic carboxylic acids is 1. The Morgan fingerprint density at radius 1 is 1.58 bits per heavy atom. The molecular weight excluding hydrogens is 249 g/mol. The molecule has 0 radical (unpaired) electrons. The van der Waals surface area contributed by atoms with E-state index in [2.05, 4.69) is 0 Å². The van der Waals surface area contributed by atoms with Gasteiger partial charge in [0.2, 0.25) is 0 Å². The van der Waals surface area contributed by atoms with Gasteiger partial charge in [-0.1, -0.05) is 12.1 Å². The second-order valence-corrected chi connectivity index (χ2v) is 4.88. The fraction of sp³-hybridized carbons (Fsp3) is 0.500. The molecule has 1 saturated heterocycles. The van der Waals surface area contributed by atoms with E-state index < -0.39 is 12.1 Å². The monoisotopic (exact) mass is 267 g/mol. The first-order chi connectivity index (χ1) is 8.99. The van der Waals surface area contributed by atoms with E-state index in [0.29, 0.717) is 25.3 Å². The number of benzene rings is 1. The Kier molecular flexibility index (Phi) is 4.17. The number of rotatable bonds is 3. The molecule has 5 heteroatoms. The van der Waals surface area contributed by atoms with Crippen LogP contribution < -0.4 is 0 Å². The Hall–Kier alpha value is -1.46. The number of morpholine rings is 1. The number of aryl methyl sites for hydroxylation is 1. The third-order valence-electron chi connectivity index (χ3n) is 3.60. The summed E-state index contributed by atoms with van der Waals surface area (Å²) in [5, 5.41) is 8.98. The highest BCUT2D eigenvalue weighted by Crippen LogP contribution is 2.24. The summed E-state index contributed by atoms with van der Waals surface area (Å²) < 4.78 is 18.8. The number of ether oxygens (including phenoxy) is 1. The molecule has 0 spiro atoms. The van der Waals surface area contributed by atoms with E-state index in [9.17, 15) is 9.18 Å². The van der Waals surface area contributed by atoms with Crippen LogP contribution in [0.3, 0.4) is 0 Å². The zero-order chi connectivity index (χ0) is 14.0. The van der Waals surface area contributed by atoms with Gasteiger partial charge in [-0.25, -0.2) is 9.18 Å². The molecular formula is C14H18FNO3. The lowest BCUT2D eigenvalue weighted by Gasteiger charge is -2.35. The van der Waals surface area contributed by atoms with Gasteiger partial charge >= 0.3 is 5.97 Å². The Balaban J connectivity index is 2.12. The van der Waals surface area contributed by atoms with E-state index in [1.807, 2.05) is 17.9 Å². The number of halogens is 1. The van der Waals surface area contributed by atoms with Crippen molar-refractivity contribution >= 4 is 5.97 Å². The van der Waals surface area contributed by atoms with Gasteiger partial charge < -0.3 is 9.84 Å². The summed E-state index contributed by atoms with van der Waals surface area (Å²) in [5.74, 6) is -1.18. The highest BCUT2D eigenvalue weighted by molar-refractivity contribution is 5.72. The van der Waals surface area contributed by atoms with Crippen molar-refractivity contribution in [1.82, 2.24) is 4.90 Å². The van der Waals surface area contributed by atoms with Crippen LogP contribution in [-0.4, -0.2) is 41.8 Å². The summed E-state index contributed by atoms with van der Waals surface area (Å²) in [6.07, 6.45) is -0.800. The number of hydrogen-bond donors (Lipinski definition) is 1. The summed E-state index contributed by atoms with van der Waals surface area (Å²) in [4.78, 5) is 13.0. The number of carboxylic acids is 1. The van der Waals surface area contributed by atoms with Crippen LogP contribution in [0.25, 0.3) is 0 Å². The maximum Gasteiger partial charge on any atom is 0.334 e. The quantitative estimate of drug-likeness (QED) is 0.909. The van der Waals surface area contributed by atoms with Crippen LogP contribution in [0.2, 0.25) is 0 Å². The Labute approximate surface area is 111 Å². The number of hydrogen-bond acceptors (Lipinski definition) is 3. The van der Waals surface area contributed by atoms with E-state index >= 15 is 0 Å². The zero-order valence-corrected chi connectivity index (χ0v) is 11.1. The number of carboxylic acid groups (broad SMARTS) is 1. The largest absolute Gasteiger partial charge is 0.479 e. The molecule has 1 fully saturated rings. The van der Waals surface area contributed by atoms with Crippen LogP contribution in [0, 0.1) is 12.7 Å². The van der Waals surface area contributed by atoms with E-state index in [-0.39, 0.29) is 11.9 Å². The van der Waals surface area contributed by atoms with Crippen LogP contribution in [0.1, 0.15) is 24.1 Å². The number of carbonyl (C=O) groups is 1. The van der Waals surface area contributed by atoms with Crippen LogP contribution in [0.15, 0.2) is 18.2 Å². The fourth-order valence-electron chi connectivity index (χ4n) is 2.25. The second-order valence-electron chi connectivity index (χ2n) is 4.88. The minimum absolute atomic E-state index is 0.0270. The average molecular weight is 267 g/mol. The third-order valence-corrected chi connectivity index (χ3v) is 3.60. The Bertz CT molecular complexity index is 478. The summed E-state index contributed by atoms with van der Waals surface area (Å²) in [6, 6.07) is 5.12. The molecule has 2 rings (SSSR count). The molecule has 1 aromatic rings. The minimum atomic E-state index is -0.952. The van der Waals surface area contributed by atoms with Crippen LogP contribution >= 0.6 is 0 Å². The van der Waals surface area contributed by atoms with Crippen molar-refractivity contribution in [2.45, 2.75) is 26.0 Å². The first-order valence-corrected chi connectivity index (χ1v) is 6.33. The summed E-state index contributed by atoms with van der Waals surface area (Å²) in [6.45, 7) is 5.04. The Morgan fingerprint density at radius 2 is 2.32 bits per heavy atom. The lowest BCUT2D eigenvalue weighted by atomic mass is 10.0. The minimum Gasteiger partial charge on any atom is -0.479 e. The van der Waals surface area contributed by atoms with Crippen molar-refractivity contribution in [2.24, 2.45) is 0 Å². The van der Waals surface area contributed by atoms with Crippen molar-refractivity contribution in [2.75, 3.05) is 19.7 Å². The van der Waals surface area contributed by atoms with Gasteiger partial charge in [0, 0.05) is 19.1 Å². The molecule has 1 aliphatic heterocycles. The summed E-state index contributed by atoms with van der Waals surface area (Å²) in [7, 11) is 0. The van der Waals surface area contributed by atoms with Crippen LogP contribution in [0.5, 0.6) is 0 Å². The molecule has 104 valence electrons. The van der Waals surface area contributed by atoms with E-state index in [4.69, 9.17) is 9.84 Å². The molecule has 2 atom stereocenters. The topological polar surface area (TPSA) is 49.8 Å². The molecule has 1 heterocycles. The summed E-state index contributed by atoms with van der Waals surface area (Å²) >= 11 is 0. The molecule has 0 bridgehead atoms. The maximum absolute atomic E-state index is 13.6. The van der Waals surface area contributed by atoms with Crippen LogP contribution in [-0.2, 0) is 9.53 Å². The van der Waals surface area contributed by atoms with Crippen molar-refractivity contribution in [3.63, 3.8) is 0 Å². The predicted octanol–water partition coefficient (Wildman–Crippen LogP) is 1.98. The zero-order valence-electron chi connectivity index (χ0n) is 11.1. The maximum atomic E-state index is 13.6. The molecule has 2 unspecified atom stereocenters. The predicted molar refractivity (Wildman–Crippen MR) is 68.5 cm³/mol. The standard InChI is InChI=1S/C14H18FNO3/c1-9-3-4-11(7-12(9)15)10(2)16-5-6-19-13(8-16)14(17)18/h3-4,7,10,13H,5-6,8H2,1-2H3,(H,17,18). The molecule has 0 amide bonds. The van der Waals surface area contributed by atoms with Crippen LogP contribution in [0.4, 0.5) is 4.39 Å². The third kappa shape index (κ3) is 3.11. The highest BCUT2D eigenvalue weighted by Gasteiger charge is 2.29. The van der Waals surface area contributed by atoms with Gasteiger partial charge in [0.05, 0.1) is 6.61 Å². The number of nitrogens with zero attached hydrogens (tertiary/aromatic N) is 1. The lowest BCUT2D eigenvalue weighted by Crippen LogP contribution is -2.46. The van der Waals surface area contributed by atoms with Crippen molar-refractivity contribution < 1.29 is 19.0 Å². The van der Waals surface area contributed by atoms with E-state index in [0.717, 1.165) is 5.56 Å². The molecule has 1 N–H and O–H groups in total. The Morgan fingerprint density at radius 3 is 2.95 bits per heavy atom. The lowest BCUT2D eigenvalue weighted by molar-refractivity contribution is -0.157. The molecule has 4 nitrogen and oxygen atoms in total. The van der Waals surface area contributed by atoms with Crippen molar-refractivity contribution in [1.29, 1.82) is 0 Å². The van der Waals surface area contributed by atoms with Gasteiger partial charge in [-0.05, 0) is 31.0 Å². The summed E-state index contributed by atoms with van der Waals surface area (Å²) in [5.41, 5.74) is 1.47. The molecule has 1 aliphatic rings. The fourth-order valence-corrected chi connectivity index (χ4v) is 2.25. The van der Waals surface area contributed by atoms with E-state index in [1.54, 1.807) is 13.0 Å². The molecule has 1 aromatic carbocycles. The van der Waals surface area contributed by atoms with Crippen molar-refractivity contribution in [3.8, 4) is 0 Å². The second kappa shape index (κ2) is 5.67. The van der Waals surface area contributed by atoms with Gasteiger partial charge in [-0.2, -0.15) is 0 Å². The van der Waals surface area contributed by atoms with Gasteiger partial charge in [0.1, 0.15) is 5.82 Å². The van der Waals surface area contributed by atoms with Crippen molar-refractivity contribution in [3.05, 3.63) is 35.1 Å². The van der Waals surface area contributed by atoms with Gasteiger partial charge in [0.25, 0.3) is 0 Å². The molecule has 0 saturated carbocycles. The van der Waals surface area contributed by atoms with Gasteiger partial charge in [-0.3, -0.25) is 4.90 Å². The first-order valence-electron chi connectivity index (χ1n) is 6.33. The van der Waals surface area contributed by atoms with Gasteiger partial charge in [0.15, 0.2) is 6.10 Å². The molecule has 0 aliphatic carbocycles. The average Bonchev–Trinajstić information content (AvgIpc) is 2.41.